The Hall–Kier alpha value is -1.06. The van der Waals surface area contributed by atoms with Crippen molar-refractivity contribution in [1.82, 2.24) is 0 Å². The molecule has 84 valence electrons. The lowest BCUT2D eigenvalue weighted by Gasteiger charge is -2.26. The van der Waals surface area contributed by atoms with Crippen LogP contribution in [0.1, 0.15) is 32.6 Å². The zero-order chi connectivity index (χ0) is 10.8. The second kappa shape index (κ2) is 4.21. The van der Waals surface area contributed by atoms with Gasteiger partial charge in [0.2, 0.25) is 0 Å². The maximum Gasteiger partial charge on any atom is 0.308 e. The maximum absolute atomic E-state index is 11.6. The van der Waals surface area contributed by atoms with Gasteiger partial charge in [-0.25, -0.2) is 0 Å². The Morgan fingerprint density at radius 1 is 1.47 bits per heavy atom. The van der Waals surface area contributed by atoms with Crippen LogP contribution in [0.5, 0.6) is 0 Å². The van der Waals surface area contributed by atoms with Crippen molar-refractivity contribution in [2.24, 2.45) is 22.9 Å². The SMILES string of the molecule is CCOC(=O)C1CC2CCC(C1)C2=NO. The van der Waals surface area contributed by atoms with Crippen molar-refractivity contribution in [1.29, 1.82) is 0 Å². The summed E-state index contributed by atoms with van der Waals surface area (Å²) in [6, 6.07) is 0. The Bertz CT molecular complexity index is 272. The Morgan fingerprint density at radius 3 is 2.53 bits per heavy atom. The lowest BCUT2D eigenvalue weighted by Crippen LogP contribution is -2.31. The Morgan fingerprint density at radius 2 is 2.07 bits per heavy atom. The average molecular weight is 211 g/mol. The summed E-state index contributed by atoms with van der Waals surface area (Å²) in [5, 5.41) is 12.2. The number of oxime groups is 1. The maximum atomic E-state index is 11.6. The van der Waals surface area contributed by atoms with Crippen LogP contribution in [0.3, 0.4) is 0 Å². The van der Waals surface area contributed by atoms with Crippen molar-refractivity contribution >= 4 is 11.7 Å². The van der Waals surface area contributed by atoms with E-state index in [-0.39, 0.29) is 11.9 Å². The molecule has 0 spiro atoms. The van der Waals surface area contributed by atoms with Crippen molar-refractivity contribution in [3.8, 4) is 0 Å². The first-order valence-corrected chi connectivity index (χ1v) is 5.64. The minimum absolute atomic E-state index is 0.0212. The predicted molar refractivity (Wildman–Crippen MR) is 54.8 cm³/mol. The number of esters is 1. The molecule has 0 saturated heterocycles. The molecule has 0 heterocycles. The quantitative estimate of drug-likeness (QED) is 0.430. The Labute approximate surface area is 89.3 Å². The standard InChI is InChI=1S/C11H17NO3/c1-2-15-11(13)9-5-7-3-4-8(6-9)10(7)12-14/h7-9,14H,2-6H2,1H3. The molecule has 2 bridgehead atoms. The first-order chi connectivity index (χ1) is 7.26. The highest BCUT2D eigenvalue weighted by Crippen LogP contribution is 2.43. The Kier molecular flexibility index (Phi) is 2.93. The molecule has 2 rings (SSSR count). The van der Waals surface area contributed by atoms with Crippen LogP contribution in [0.4, 0.5) is 0 Å². The summed E-state index contributed by atoms with van der Waals surface area (Å²) in [5.41, 5.74) is 0.913. The number of carbonyl (C=O) groups excluding carboxylic acids is 1. The van der Waals surface area contributed by atoms with Crippen molar-refractivity contribution in [3.05, 3.63) is 0 Å². The molecule has 0 aromatic carbocycles. The van der Waals surface area contributed by atoms with Gasteiger partial charge in [-0.15, -0.1) is 0 Å². The number of carbonyl (C=O) groups is 1. The minimum atomic E-state index is -0.0774. The van der Waals surface area contributed by atoms with Crippen molar-refractivity contribution < 1.29 is 14.7 Å². The average Bonchev–Trinajstić information content (AvgIpc) is 2.47. The van der Waals surface area contributed by atoms with Crippen LogP contribution in [0.2, 0.25) is 0 Å². The fourth-order valence-electron chi connectivity index (χ4n) is 2.91. The number of fused-ring (bicyclic) bond motifs is 2. The predicted octanol–water partition coefficient (Wildman–Crippen LogP) is 1.82. The van der Waals surface area contributed by atoms with Crippen LogP contribution >= 0.6 is 0 Å². The van der Waals surface area contributed by atoms with Gasteiger partial charge in [0.15, 0.2) is 0 Å². The van der Waals surface area contributed by atoms with Gasteiger partial charge in [0, 0.05) is 11.8 Å². The van der Waals surface area contributed by atoms with Gasteiger partial charge in [0.25, 0.3) is 0 Å². The number of rotatable bonds is 2. The molecule has 1 N–H and O–H groups in total. The van der Waals surface area contributed by atoms with Crippen molar-refractivity contribution in [2.45, 2.75) is 32.6 Å². The van der Waals surface area contributed by atoms with E-state index in [1.165, 1.54) is 0 Å². The van der Waals surface area contributed by atoms with Gasteiger partial charge >= 0.3 is 5.97 Å². The highest BCUT2D eigenvalue weighted by Gasteiger charge is 2.42. The molecular formula is C11H17NO3. The van der Waals surface area contributed by atoms with E-state index in [4.69, 9.17) is 9.94 Å². The minimum Gasteiger partial charge on any atom is -0.466 e. The number of nitrogens with zero attached hydrogens (tertiary/aromatic N) is 1. The third kappa shape index (κ3) is 1.85. The third-order valence-corrected chi connectivity index (χ3v) is 3.57. The summed E-state index contributed by atoms with van der Waals surface area (Å²) < 4.78 is 5.03. The van der Waals surface area contributed by atoms with Gasteiger partial charge in [0.1, 0.15) is 0 Å². The second-order valence-corrected chi connectivity index (χ2v) is 4.42. The molecular weight excluding hydrogens is 194 g/mol. The van der Waals surface area contributed by atoms with E-state index in [0.717, 1.165) is 31.4 Å². The van der Waals surface area contributed by atoms with E-state index in [1.54, 1.807) is 0 Å². The molecule has 4 nitrogen and oxygen atoms in total. The van der Waals surface area contributed by atoms with E-state index >= 15 is 0 Å². The van der Waals surface area contributed by atoms with Crippen molar-refractivity contribution in [2.75, 3.05) is 6.61 Å². The molecule has 15 heavy (non-hydrogen) atoms. The van der Waals surface area contributed by atoms with Crippen LogP contribution in [-0.2, 0) is 9.53 Å². The van der Waals surface area contributed by atoms with E-state index in [9.17, 15) is 4.79 Å². The molecule has 0 amide bonds. The van der Waals surface area contributed by atoms with Crippen LogP contribution in [0.15, 0.2) is 5.16 Å². The number of ether oxygens (including phenoxy) is 1. The molecule has 0 radical (unpaired) electrons. The number of hydrogen-bond acceptors (Lipinski definition) is 4. The molecule has 2 fully saturated rings. The second-order valence-electron chi connectivity index (χ2n) is 4.42. The van der Waals surface area contributed by atoms with Gasteiger partial charge in [-0.1, -0.05) is 5.16 Å². The summed E-state index contributed by atoms with van der Waals surface area (Å²) >= 11 is 0. The summed E-state index contributed by atoms with van der Waals surface area (Å²) in [5.74, 6) is 0.561. The summed E-state index contributed by atoms with van der Waals surface area (Å²) in [6.07, 6.45) is 3.71. The van der Waals surface area contributed by atoms with E-state index < -0.39 is 0 Å². The van der Waals surface area contributed by atoms with Crippen LogP contribution in [0, 0.1) is 17.8 Å². The van der Waals surface area contributed by atoms with Gasteiger partial charge in [-0.3, -0.25) is 4.79 Å². The van der Waals surface area contributed by atoms with Crippen molar-refractivity contribution in [3.63, 3.8) is 0 Å². The first kappa shape index (κ1) is 10.5. The topological polar surface area (TPSA) is 58.9 Å². The molecule has 2 aliphatic rings. The Balaban J connectivity index is 2.02. The van der Waals surface area contributed by atoms with E-state index in [2.05, 4.69) is 5.16 Å². The molecule has 2 atom stereocenters. The number of hydrogen-bond donors (Lipinski definition) is 1. The summed E-state index contributed by atoms with van der Waals surface area (Å²) in [6.45, 7) is 2.28. The summed E-state index contributed by atoms with van der Waals surface area (Å²) in [7, 11) is 0. The van der Waals surface area contributed by atoms with Crippen LogP contribution in [-0.4, -0.2) is 23.5 Å². The molecule has 2 unspecified atom stereocenters. The van der Waals surface area contributed by atoms with Gasteiger partial charge in [0.05, 0.1) is 18.2 Å². The summed E-state index contributed by atoms with van der Waals surface area (Å²) in [4.78, 5) is 11.6. The van der Waals surface area contributed by atoms with E-state index in [1.807, 2.05) is 6.92 Å². The zero-order valence-electron chi connectivity index (χ0n) is 8.98. The molecule has 4 heteroatoms. The normalized spacial score (nSPS) is 33.9. The van der Waals surface area contributed by atoms with Crippen LogP contribution in [0.25, 0.3) is 0 Å². The largest absolute Gasteiger partial charge is 0.466 e. The molecule has 2 saturated carbocycles. The van der Waals surface area contributed by atoms with E-state index in [0.29, 0.717) is 18.4 Å². The monoisotopic (exact) mass is 211 g/mol. The van der Waals surface area contributed by atoms with Crippen LogP contribution < -0.4 is 0 Å². The van der Waals surface area contributed by atoms with Gasteiger partial charge in [-0.2, -0.15) is 0 Å². The first-order valence-electron chi connectivity index (χ1n) is 5.64. The van der Waals surface area contributed by atoms with Gasteiger partial charge < -0.3 is 9.94 Å². The lowest BCUT2D eigenvalue weighted by atomic mass is 9.79. The van der Waals surface area contributed by atoms with Gasteiger partial charge in [-0.05, 0) is 32.6 Å². The zero-order valence-corrected chi connectivity index (χ0v) is 8.98. The molecule has 2 aliphatic carbocycles. The molecule has 0 aliphatic heterocycles. The smallest absolute Gasteiger partial charge is 0.308 e. The fraction of sp³-hybridized carbons (Fsp3) is 0.818. The molecule has 0 aromatic rings. The lowest BCUT2D eigenvalue weighted by molar-refractivity contribution is -0.149. The highest BCUT2D eigenvalue weighted by atomic mass is 16.5. The molecule has 0 aromatic heterocycles. The highest BCUT2D eigenvalue weighted by molar-refractivity contribution is 5.92. The third-order valence-electron chi connectivity index (χ3n) is 3.57. The fourth-order valence-corrected chi connectivity index (χ4v) is 2.91.